The number of rotatable bonds is 7. The standard InChI is InChI=1S/C14H22N2O4/c1-4-20-12-7-5-11(6-8-12)16-13(17)15-9-14(2,18)10-19-3/h5-8,18H,4,9-10H2,1-3H3,(H2,15,16,17)/t14-/m1/s1. The molecule has 0 unspecified atom stereocenters. The minimum atomic E-state index is -1.09. The highest BCUT2D eigenvalue weighted by molar-refractivity contribution is 5.89. The molecular weight excluding hydrogens is 260 g/mol. The first-order valence-corrected chi connectivity index (χ1v) is 6.46. The molecule has 6 nitrogen and oxygen atoms in total. The molecule has 0 aliphatic carbocycles. The highest BCUT2D eigenvalue weighted by atomic mass is 16.5. The Kier molecular flexibility index (Phi) is 6.27. The van der Waals surface area contributed by atoms with Gasteiger partial charge in [0.05, 0.1) is 19.8 Å². The van der Waals surface area contributed by atoms with E-state index in [2.05, 4.69) is 10.6 Å². The van der Waals surface area contributed by atoms with E-state index in [0.29, 0.717) is 12.3 Å². The van der Waals surface area contributed by atoms with Crippen LogP contribution < -0.4 is 15.4 Å². The third-order valence-electron chi connectivity index (χ3n) is 2.51. The summed E-state index contributed by atoms with van der Waals surface area (Å²) < 4.78 is 10.2. The number of hydrogen-bond acceptors (Lipinski definition) is 4. The van der Waals surface area contributed by atoms with Crippen LogP contribution in [0.15, 0.2) is 24.3 Å². The number of benzene rings is 1. The van der Waals surface area contributed by atoms with Gasteiger partial charge < -0.3 is 25.2 Å². The van der Waals surface area contributed by atoms with E-state index in [-0.39, 0.29) is 19.2 Å². The Balaban J connectivity index is 2.42. The fraction of sp³-hybridized carbons (Fsp3) is 0.500. The zero-order valence-corrected chi connectivity index (χ0v) is 12.1. The predicted molar refractivity (Wildman–Crippen MR) is 77.1 cm³/mol. The maximum Gasteiger partial charge on any atom is 0.319 e. The Morgan fingerprint density at radius 3 is 2.55 bits per heavy atom. The molecule has 0 bridgehead atoms. The maximum atomic E-state index is 11.7. The SMILES string of the molecule is CCOc1ccc(NC(=O)NC[C@@](C)(O)COC)cc1. The number of carbonyl (C=O) groups is 1. The Labute approximate surface area is 119 Å². The van der Waals surface area contributed by atoms with Crippen LogP contribution in [-0.2, 0) is 4.74 Å². The lowest BCUT2D eigenvalue weighted by Crippen LogP contribution is -2.45. The van der Waals surface area contributed by atoms with Gasteiger partial charge in [-0.2, -0.15) is 0 Å². The number of amides is 2. The molecule has 0 aromatic heterocycles. The van der Waals surface area contributed by atoms with Crippen LogP contribution in [-0.4, -0.2) is 43.6 Å². The Morgan fingerprint density at radius 2 is 2.00 bits per heavy atom. The molecule has 0 saturated carbocycles. The molecule has 0 radical (unpaired) electrons. The second kappa shape index (κ2) is 7.72. The first kappa shape index (κ1) is 16.3. The molecule has 1 rings (SSSR count). The fourth-order valence-electron chi connectivity index (χ4n) is 1.61. The van der Waals surface area contributed by atoms with Gasteiger partial charge in [-0.05, 0) is 38.1 Å². The number of nitrogens with one attached hydrogen (secondary N) is 2. The monoisotopic (exact) mass is 282 g/mol. The van der Waals surface area contributed by atoms with E-state index in [0.717, 1.165) is 5.75 Å². The number of urea groups is 1. The lowest BCUT2D eigenvalue weighted by molar-refractivity contribution is -0.0133. The summed E-state index contributed by atoms with van der Waals surface area (Å²) in [6.45, 7) is 4.35. The zero-order chi connectivity index (χ0) is 15.0. The number of hydrogen-bond donors (Lipinski definition) is 3. The molecule has 0 aliphatic rings. The van der Waals surface area contributed by atoms with Crippen LogP contribution >= 0.6 is 0 Å². The lowest BCUT2D eigenvalue weighted by Gasteiger charge is -2.22. The molecule has 0 heterocycles. The average Bonchev–Trinajstić information content (AvgIpc) is 2.39. The zero-order valence-electron chi connectivity index (χ0n) is 12.1. The minimum absolute atomic E-state index is 0.101. The summed E-state index contributed by atoms with van der Waals surface area (Å²) in [5, 5.41) is 15.1. The second-order valence-electron chi connectivity index (χ2n) is 4.70. The average molecular weight is 282 g/mol. The van der Waals surface area contributed by atoms with E-state index in [1.54, 1.807) is 31.2 Å². The van der Waals surface area contributed by atoms with Gasteiger partial charge in [-0.15, -0.1) is 0 Å². The van der Waals surface area contributed by atoms with Gasteiger partial charge in [0.25, 0.3) is 0 Å². The first-order valence-electron chi connectivity index (χ1n) is 6.46. The van der Waals surface area contributed by atoms with Gasteiger partial charge in [-0.25, -0.2) is 4.79 Å². The number of aliphatic hydroxyl groups is 1. The van der Waals surface area contributed by atoms with Crippen molar-refractivity contribution >= 4 is 11.7 Å². The predicted octanol–water partition coefficient (Wildman–Crippen LogP) is 1.60. The molecule has 3 N–H and O–H groups in total. The summed E-state index contributed by atoms with van der Waals surface area (Å²) in [5.74, 6) is 0.751. The molecule has 1 atom stereocenters. The van der Waals surface area contributed by atoms with Crippen LogP contribution in [0, 0.1) is 0 Å². The molecule has 2 amide bonds. The second-order valence-corrected chi connectivity index (χ2v) is 4.70. The van der Waals surface area contributed by atoms with E-state index in [4.69, 9.17) is 9.47 Å². The highest BCUT2D eigenvalue weighted by Gasteiger charge is 2.20. The van der Waals surface area contributed by atoms with Crippen molar-refractivity contribution in [1.29, 1.82) is 0 Å². The molecule has 0 fully saturated rings. The molecule has 0 spiro atoms. The van der Waals surface area contributed by atoms with Crippen LogP contribution in [0.3, 0.4) is 0 Å². The third kappa shape index (κ3) is 5.90. The van der Waals surface area contributed by atoms with Crippen molar-refractivity contribution in [3.05, 3.63) is 24.3 Å². The molecule has 1 aromatic rings. The molecular formula is C14H22N2O4. The van der Waals surface area contributed by atoms with Gasteiger partial charge in [0.2, 0.25) is 0 Å². The van der Waals surface area contributed by atoms with Gasteiger partial charge in [-0.1, -0.05) is 0 Å². The van der Waals surface area contributed by atoms with Crippen LogP contribution in [0.5, 0.6) is 5.75 Å². The summed E-state index contributed by atoms with van der Waals surface area (Å²) >= 11 is 0. The summed E-state index contributed by atoms with van der Waals surface area (Å²) in [6.07, 6.45) is 0. The van der Waals surface area contributed by atoms with Gasteiger partial charge in [0.1, 0.15) is 11.4 Å². The summed E-state index contributed by atoms with van der Waals surface area (Å²) in [5.41, 5.74) is -0.442. The van der Waals surface area contributed by atoms with Crippen LogP contribution in [0.25, 0.3) is 0 Å². The van der Waals surface area contributed by atoms with Gasteiger partial charge in [-0.3, -0.25) is 0 Å². The molecule has 6 heteroatoms. The van der Waals surface area contributed by atoms with Crippen LogP contribution in [0.4, 0.5) is 10.5 Å². The first-order chi connectivity index (χ1) is 9.46. The minimum Gasteiger partial charge on any atom is -0.494 e. The van der Waals surface area contributed by atoms with E-state index < -0.39 is 5.60 Å². The number of methoxy groups -OCH3 is 1. The van der Waals surface area contributed by atoms with Gasteiger partial charge >= 0.3 is 6.03 Å². The van der Waals surface area contributed by atoms with E-state index in [1.807, 2.05) is 6.92 Å². The van der Waals surface area contributed by atoms with Gasteiger partial charge in [0, 0.05) is 12.8 Å². The number of carbonyl (C=O) groups excluding carboxylic acids is 1. The Morgan fingerprint density at radius 1 is 1.35 bits per heavy atom. The summed E-state index contributed by atoms with van der Waals surface area (Å²) in [4.78, 5) is 11.7. The van der Waals surface area contributed by atoms with Crippen molar-refractivity contribution in [1.82, 2.24) is 5.32 Å². The van der Waals surface area contributed by atoms with E-state index in [1.165, 1.54) is 7.11 Å². The smallest absolute Gasteiger partial charge is 0.319 e. The molecule has 0 saturated heterocycles. The normalized spacial score (nSPS) is 13.4. The third-order valence-corrected chi connectivity index (χ3v) is 2.51. The van der Waals surface area contributed by atoms with Crippen molar-refractivity contribution in [3.8, 4) is 5.75 Å². The molecule has 20 heavy (non-hydrogen) atoms. The summed E-state index contributed by atoms with van der Waals surface area (Å²) in [7, 11) is 1.49. The van der Waals surface area contributed by atoms with Crippen LogP contribution in [0.1, 0.15) is 13.8 Å². The highest BCUT2D eigenvalue weighted by Crippen LogP contribution is 2.15. The summed E-state index contributed by atoms with van der Waals surface area (Å²) in [6, 6.07) is 6.67. The topological polar surface area (TPSA) is 79.8 Å². The molecule has 112 valence electrons. The van der Waals surface area contributed by atoms with Crippen molar-refractivity contribution in [3.63, 3.8) is 0 Å². The lowest BCUT2D eigenvalue weighted by atomic mass is 10.1. The van der Waals surface area contributed by atoms with Crippen molar-refractivity contribution in [2.45, 2.75) is 19.4 Å². The van der Waals surface area contributed by atoms with E-state index in [9.17, 15) is 9.90 Å². The molecule has 0 aliphatic heterocycles. The van der Waals surface area contributed by atoms with Crippen molar-refractivity contribution < 1.29 is 19.4 Å². The molecule has 1 aromatic carbocycles. The Bertz CT molecular complexity index is 418. The largest absolute Gasteiger partial charge is 0.494 e. The fourth-order valence-corrected chi connectivity index (χ4v) is 1.61. The van der Waals surface area contributed by atoms with Gasteiger partial charge in [0.15, 0.2) is 0 Å². The van der Waals surface area contributed by atoms with Crippen LogP contribution in [0.2, 0.25) is 0 Å². The maximum absolute atomic E-state index is 11.7. The Hall–Kier alpha value is -1.79. The quantitative estimate of drug-likeness (QED) is 0.709. The van der Waals surface area contributed by atoms with E-state index >= 15 is 0 Å². The van der Waals surface area contributed by atoms with Crippen molar-refractivity contribution in [2.24, 2.45) is 0 Å². The van der Waals surface area contributed by atoms with Crippen molar-refractivity contribution in [2.75, 3.05) is 32.2 Å². The number of anilines is 1. The number of ether oxygens (including phenoxy) is 2.